The van der Waals surface area contributed by atoms with Crippen molar-refractivity contribution in [3.8, 4) is 5.75 Å². The molecule has 0 saturated carbocycles. The van der Waals surface area contributed by atoms with E-state index in [1.54, 1.807) is 18.2 Å². The molecule has 1 aromatic heterocycles. The summed E-state index contributed by atoms with van der Waals surface area (Å²) in [5.74, 6) is -0.703. The maximum Gasteiger partial charge on any atom is 0.342 e. The summed E-state index contributed by atoms with van der Waals surface area (Å²) in [5.41, 5.74) is 6.58. The second-order valence-electron chi connectivity index (χ2n) is 5.73. The molecular formula is C18H16ClF2N3O3. The average molecular weight is 396 g/mol. The summed E-state index contributed by atoms with van der Waals surface area (Å²) in [5, 5.41) is 0.148. The molecule has 0 aliphatic heterocycles. The highest BCUT2D eigenvalue weighted by atomic mass is 35.5. The number of alkyl halides is 2. The minimum Gasteiger partial charge on any atom is -0.496 e. The molecule has 2 aromatic carbocycles. The first kappa shape index (κ1) is 18.9. The molecule has 0 aliphatic carbocycles. The van der Waals surface area contributed by atoms with Gasteiger partial charge in [-0.15, -0.1) is 0 Å². The van der Waals surface area contributed by atoms with Crippen LogP contribution in [-0.2, 0) is 4.74 Å². The first-order chi connectivity index (χ1) is 12.8. The molecular weight excluding hydrogens is 380 g/mol. The van der Waals surface area contributed by atoms with Gasteiger partial charge >= 0.3 is 12.5 Å². The Labute approximate surface area is 158 Å². The first-order valence-electron chi connectivity index (χ1n) is 7.92. The Morgan fingerprint density at radius 1 is 1.30 bits per heavy atom. The van der Waals surface area contributed by atoms with Gasteiger partial charge in [0.1, 0.15) is 11.3 Å². The van der Waals surface area contributed by atoms with E-state index >= 15 is 0 Å². The highest BCUT2D eigenvalue weighted by molar-refractivity contribution is 6.33. The van der Waals surface area contributed by atoms with Crippen LogP contribution in [0.5, 0.6) is 5.75 Å². The number of aromatic nitrogens is 2. The highest BCUT2D eigenvalue weighted by Gasteiger charge is 2.26. The van der Waals surface area contributed by atoms with Gasteiger partial charge in [0.05, 0.1) is 28.9 Å². The number of carbonyl (C=O) groups is 1. The van der Waals surface area contributed by atoms with Crippen LogP contribution in [0.1, 0.15) is 35.8 Å². The highest BCUT2D eigenvalue weighted by Crippen LogP contribution is 2.32. The fraction of sp³-hybridized carbons (Fsp3) is 0.222. The van der Waals surface area contributed by atoms with E-state index in [0.29, 0.717) is 5.52 Å². The minimum absolute atomic E-state index is 0.0308. The number of imidazole rings is 1. The smallest absolute Gasteiger partial charge is 0.342 e. The van der Waals surface area contributed by atoms with Crippen LogP contribution < -0.4 is 10.5 Å². The third kappa shape index (κ3) is 3.52. The Bertz CT molecular complexity index is 1010. The van der Waals surface area contributed by atoms with Crippen molar-refractivity contribution in [3.05, 3.63) is 52.8 Å². The van der Waals surface area contributed by atoms with Gasteiger partial charge < -0.3 is 15.2 Å². The van der Waals surface area contributed by atoms with Crippen LogP contribution in [0.2, 0.25) is 5.02 Å². The van der Waals surface area contributed by atoms with Gasteiger partial charge in [-0.3, -0.25) is 4.57 Å². The van der Waals surface area contributed by atoms with Gasteiger partial charge in [0.2, 0.25) is 0 Å². The molecule has 3 aromatic rings. The van der Waals surface area contributed by atoms with E-state index in [0.717, 1.165) is 4.57 Å². The maximum atomic E-state index is 13.6. The van der Waals surface area contributed by atoms with Crippen LogP contribution in [0, 0.1) is 0 Å². The molecule has 0 aliphatic rings. The molecule has 3 rings (SSSR count). The Balaban J connectivity index is 1.95. The van der Waals surface area contributed by atoms with Crippen molar-refractivity contribution in [2.24, 2.45) is 0 Å². The second kappa shape index (κ2) is 7.40. The zero-order valence-electron chi connectivity index (χ0n) is 14.4. The molecule has 1 atom stereocenters. The van der Waals surface area contributed by atoms with Gasteiger partial charge in [-0.2, -0.15) is 8.78 Å². The number of nitrogens with zero attached hydrogens (tertiary/aromatic N) is 2. The summed E-state index contributed by atoms with van der Waals surface area (Å²) in [6, 6.07) is 9.14. The molecule has 2 N–H and O–H groups in total. The van der Waals surface area contributed by atoms with Crippen LogP contribution >= 0.6 is 11.6 Å². The normalized spacial score (nSPS) is 12.4. The third-order valence-corrected chi connectivity index (χ3v) is 4.33. The standard InChI is InChI=1S/C18H16ClF2N3O3/c1-9(16-23-13-5-3-4-6-14(13)24(16)18(20)21)27-17(25)10-7-11(19)12(22)8-15(10)26-2/h3-9,18H,22H2,1-2H3. The zero-order chi connectivity index (χ0) is 19.7. The van der Waals surface area contributed by atoms with Gasteiger partial charge in [0.15, 0.2) is 11.9 Å². The largest absolute Gasteiger partial charge is 0.496 e. The summed E-state index contributed by atoms with van der Waals surface area (Å²) in [6.07, 6.45) is -1.04. The number of hydrogen-bond acceptors (Lipinski definition) is 5. The summed E-state index contributed by atoms with van der Waals surface area (Å²) in [6.45, 7) is -1.38. The fourth-order valence-corrected chi connectivity index (χ4v) is 2.89. The van der Waals surface area contributed by atoms with Crippen molar-refractivity contribution < 1.29 is 23.0 Å². The summed E-state index contributed by atoms with van der Waals surface area (Å²) < 4.78 is 38.3. The van der Waals surface area contributed by atoms with Gasteiger partial charge in [0, 0.05) is 6.07 Å². The number of carbonyl (C=O) groups excluding carboxylic acids is 1. The molecule has 6 nitrogen and oxygen atoms in total. The zero-order valence-corrected chi connectivity index (χ0v) is 15.2. The topological polar surface area (TPSA) is 79.4 Å². The monoisotopic (exact) mass is 395 g/mol. The molecule has 0 amide bonds. The molecule has 1 unspecified atom stereocenters. The number of methoxy groups -OCH3 is 1. The lowest BCUT2D eigenvalue weighted by Crippen LogP contribution is -2.15. The van der Waals surface area contributed by atoms with E-state index in [9.17, 15) is 13.6 Å². The van der Waals surface area contributed by atoms with Crippen LogP contribution in [0.4, 0.5) is 14.5 Å². The van der Waals surface area contributed by atoms with Crippen molar-refractivity contribution in [2.45, 2.75) is 19.6 Å². The lowest BCUT2D eigenvalue weighted by atomic mass is 10.2. The lowest BCUT2D eigenvalue weighted by Gasteiger charge is -2.16. The van der Waals surface area contributed by atoms with E-state index < -0.39 is 18.6 Å². The van der Waals surface area contributed by atoms with Gasteiger partial charge in [0.25, 0.3) is 0 Å². The van der Waals surface area contributed by atoms with Crippen LogP contribution in [0.15, 0.2) is 36.4 Å². The predicted octanol–water partition coefficient (Wildman–Crippen LogP) is 4.59. The number of esters is 1. The molecule has 0 spiro atoms. The Hall–Kier alpha value is -2.87. The van der Waals surface area contributed by atoms with Crippen LogP contribution in [0.25, 0.3) is 11.0 Å². The number of nitrogen functional groups attached to an aromatic ring is 1. The number of fused-ring (bicyclic) bond motifs is 1. The Morgan fingerprint density at radius 3 is 2.67 bits per heavy atom. The Kier molecular flexibility index (Phi) is 5.18. The van der Waals surface area contributed by atoms with Crippen molar-refractivity contribution in [2.75, 3.05) is 12.8 Å². The average Bonchev–Trinajstić information content (AvgIpc) is 3.03. The van der Waals surface area contributed by atoms with Crippen molar-refractivity contribution in [3.63, 3.8) is 0 Å². The number of anilines is 1. The molecule has 1 heterocycles. The number of rotatable bonds is 5. The Morgan fingerprint density at radius 2 is 2.00 bits per heavy atom. The molecule has 27 heavy (non-hydrogen) atoms. The lowest BCUT2D eigenvalue weighted by molar-refractivity contribution is 0.0230. The quantitative estimate of drug-likeness (QED) is 0.504. The number of ether oxygens (including phenoxy) is 2. The van der Waals surface area contributed by atoms with Crippen molar-refractivity contribution >= 4 is 34.3 Å². The SMILES string of the molecule is COc1cc(N)c(Cl)cc1C(=O)OC(C)c1nc2ccccc2n1C(F)F. The first-order valence-corrected chi connectivity index (χ1v) is 8.30. The van der Waals surface area contributed by atoms with E-state index in [1.165, 1.54) is 32.2 Å². The van der Waals surface area contributed by atoms with Crippen molar-refractivity contribution in [1.82, 2.24) is 9.55 Å². The van der Waals surface area contributed by atoms with Gasteiger partial charge in [-0.25, -0.2) is 9.78 Å². The molecule has 9 heteroatoms. The summed E-state index contributed by atoms with van der Waals surface area (Å²) in [4.78, 5) is 16.7. The van der Waals surface area contributed by atoms with Crippen LogP contribution in [0.3, 0.4) is 0 Å². The number of nitrogens with two attached hydrogens (primary N) is 1. The fourth-order valence-electron chi connectivity index (χ4n) is 2.73. The number of para-hydroxylation sites is 2. The van der Waals surface area contributed by atoms with E-state index in [1.807, 2.05) is 0 Å². The van der Waals surface area contributed by atoms with E-state index in [2.05, 4.69) is 4.98 Å². The van der Waals surface area contributed by atoms with Gasteiger partial charge in [-0.05, 0) is 25.1 Å². The summed E-state index contributed by atoms with van der Waals surface area (Å²) >= 11 is 5.96. The maximum absolute atomic E-state index is 13.6. The molecule has 0 bridgehead atoms. The minimum atomic E-state index is -2.84. The van der Waals surface area contributed by atoms with Crippen LogP contribution in [-0.4, -0.2) is 22.6 Å². The molecule has 0 fully saturated rings. The number of hydrogen-bond donors (Lipinski definition) is 1. The number of halogens is 3. The second-order valence-corrected chi connectivity index (χ2v) is 6.14. The third-order valence-electron chi connectivity index (χ3n) is 4.00. The van der Waals surface area contributed by atoms with Crippen molar-refractivity contribution in [1.29, 1.82) is 0 Å². The molecule has 0 radical (unpaired) electrons. The summed E-state index contributed by atoms with van der Waals surface area (Å²) in [7, 11) is 1.36. The number of benzene rings is 2. The molecule has 142 valence electrons. The predicted molar refractivity (Wildman–Crippen MR) is 97.2 cm³/mol. The van der Waals surface area contributed by atoms with E-state index in [4.69, 9.17) is 26.8 Å². The molecule has 0 saturated heterocycles. The van der Waals surface area contributed by atoms with Gasteiger partial charge in [-0.1, -0.05) is 23.7 Å². The van der Waals surface area contributed by atoms with E-state index in [-0.39, 0.29) is 33.4 Å².